The number of nitrogens with one attached hydrogen (secondary N) is 1. The highest BCUT2D eigenvalue weighted by atomic mass is 16.6. The van der Waals surface area contributed by atoms with Gasteiger partial charge in [0.25, 0.3) is 5.69 Å². The van der Waals surface area contributed by atoms with Gasteiger partial charge in [-0.05, 0) is 54.2 Å². The number of nitro benzene ring substituents is 1. The minimum Gasteiger partial charge on any atom is -0.506 e. The highest BCUT2D eigenvalue weighted by molar-refractivity contribution is 5.93. The average molecular weight is 393 g/mol. The molecule has 0 aliphatic heterocycles. The van der Waals surface area contributed by atoms with Crippen molar-refractivity contribution in [3.8, 4) is 5.75 Å². The summed E-state index contributed by atoms with van der Waals surface area (Å²) in [4.78, 5) is 14.8. The first-order valence-corrected chi connectivity index (χ1v) is 9.14. The Morgan fingerprint density at radius 2 is 1.72 bits per heavy atom. The Hall–Kier alpha value is -3.55. The second kappa shape index (κ2) is 7.46. The first-order chi connectivity index (χ1) is 13.6. The standard InChI is InChI=1S/C21H23N5O3/c1-12-13(2)20(24-25-23-14-6-8-15(9-7-14)26(28)29)22-19-17(27)11-10-16(18(12)19)21(3,4)5/h6-11,27H,1-5H3,(H,22,23,24). The van der Waals surface area contributed by atoms with E-state index in [1.807, 2.05) is 19.9 Å². The maximum absolute atomic E-state index is 10.7. The monoisotopic (exact) mass is 393 g/mol. The number of phenolic OH excluding ortho intramolecular Hbond substituents is 1. The average Bonchev–Trinajstić information content (AvgIpc) is 2.65. The molecule has 0 aliphatic rings. The molecule has 0 spiro atoms. The molecule has 8 heteroatoms. The summed E-state index contributed by atoms with van der Waals surface area (Å²) in [6.07, 6.45) is 0. The number of benzene rings is 2. The van der Waals surface area contributed by atoms with Crippen LogP contribution in [0, 0.1) is 24.0 Å². The molecule has 0 unspecified atom stereocenters. The first-order valence-electron chi connectivity index (χ1n) is 9.14. The molecule has 29 heavy (non-hydrogen) atoms. The van der Waals surface area contributed by atoms with Gasteiger partial charge in [0.05, 0.1) is 10.6 Å². The molecule has 1 heterocycles. The van der Waals surface area contributed by atoms with Crippen LogP contribution in [0.1, 0.15) is 37.5 Å². The highest BCUT2D eigenvalue weighted by Crippen LogP contribution is 2.38. The second-order valence-electron chi connectivity index (χ2n) is 7.91. The number of fused-ring (bicyclic) bond motifs is 1. The predicted molar refractivity (Wildman–Crippen MR) is 113 cm³/mol. The van der Waals surface area contributed by atoms with E-state index in [0.29, 0.717) is 17.0 Å². The molecule has 0 saturated carbocycles. The number of anilines is 1. The highest BCUT2D eigenvalue weighted by Gasteiger charge is 2.22. The molecular formula is C21H23N5O3. The van der Waals surface area contributed by atoms with Crippen LogP contribution in [0.3, 0.4) is 0 Å². The van der Waals surface area contributed by atoms with Crippen molar-refractivity contribution in [1.29, 1.82) is 0 Å². The number of aryl methyl sites for hydroxylation is 1. The number of aromatic hydroxyl groups is 1. The Labute approximate surface area is 168 Å². The number of rotatable bonds is 4. The molecule has 2 aromatic carbocycles. The Kier molecular flexibility index (Phi) is 5.19. The van der Waals surface area contributed by atoms with Crippen molar-refractivity contribution in [3.05, 3.63) is 63.2 Å². The maximum atomic E-state index is 10.7. The first kappa shape index (κ1) is 20.2. The van der Waals surface area contributed by atoms with E-state index in [0.717, 1.165) is 22.1 Å². The van der Waals surface area contributed by atoms with Crippen LogP contribution in [0.25, 0.3) is 10.9 Å². The van der Waals surface area contributed by atoms with E-state index in [-0.39, 0.29) is 16.9 Å². The van der Waals surface area contributed by atoms with E-state index in [1.165, 1.54) is 12.1 Å². The van der Waals surface area contributed by atoms with Gasteiger partial charge in [-0.15, -0.1) is 5.11 Å². The summed E-state index contributed by atoms with van der Waals surface area (Å²) < 4.78 is 0. The zero-order chi connectivity index (χ0) is 21.3. The van der Waals surface area contributed by atoms with Crippen molar-refractivity contribution in [2.75, 3.05) is 5.43 Å². The maximum Gasteiger partial charge on any atom is 0.269 e. The van der Waals surface area contributed by atoms with Gasteiger partial charge >= 0.3 is 0 Å². The number of hydrogen-bond acceptors (Lipinski definition) is 6. The number of aromatic nitrogens is 1. The van der Waals surface area contributed by atoms with Gasteiger partial charge in [0, 0.05) is 17.5 Å². The second-order valence-corrected chi connectivity index (χ2v) is 7.91. The Morgan fingerprint density at radius 3 is 2.31 bits per heavy atom. The molecule has 0 bridgehead atoms. The van der Waals surface area contributed by atoms with Crippen molar-refractivity contribution < 1.29 is 10.0 Å². The van der Waals surface area contributed by atoms with Gasteiger partial charge in [0.2, 0.25) is 0 Å². The fraction of sp³-hybridized carbons (Fsp3) is 0.286. The van der Waals surface area contributed by atoms with Gasteiger partial charge in [0.1, 0.15) is 11.3 Å². The number of pyridine rings is 1. The minimum atomic E-state index is -0.464. The topological polar surface area (TPSA) is 113 Å². The molecule has 1 aromatic heterocycles. The van der Waals surface area contributed by atoms with Crippen LogP contribution >= 0.6 is 0 Å². The lowest BCUT2D eigenvalue weighted by Gasteiger charge is -2.23. The van der Waals surface area contributed by atoms with Gasteiger partial charge in [-0.25, -0.2) is 4.98 Å². The molecule has 8 nitrogen and oxygen atoms in total. The Morgan fingerprint density at radius 1 is 1.07 bits per heavy atom. The SMILES string of the molecule is Cc1c(N=NNc2ccc([N+](=O)[O-])cc2)nc2c(O)ccc(C(C)(C)C)c2c1C. The largest absolute Gasteiger partial charge is 0.506 e. The van der Waals surface area contributed by atoms with E-state index >= 15 is 0 Å². The third-order valence-electron chi connectivity index (χ3n) is 4.86. The van der Waals surface area contributed by atoms with Crippen molar-refractivity contribution >= 4 is 28.1 Å². The van der Waals surface area contributed by atoms with E-state index in [2.05, 4.69) is 41.5 Å². The summed E-state index contributed by atoms with van der Waals surface area (Å²) in [5.41, 5.74) is 6.64. The lowest BCUT2D eigenvalue weighted by atomic mass is 9.82. The molecule has 0 atom stereocenters. The molecule has 150 valence electrons. The third-order valence-corrected chi connectivity index (χ3v) is 4.86. The van der Waals surface area contributed by atoms with Gasteiger partial charge < -0.3 is 5.11 Å². The molecule has 0 radical (unpaired) electrons. The zero-order valence-electron chi connectivity index (χ0n) is 17.0. The summed E-state index contributed by atoms with van der Waals surface area (Å²) >= 11 is 0. The summed E-state index contributed by atoms with van der Waals surface area (Å²) in [6, 6.07) is 9.44. The van der Waals surface area contributed by atoms with Gasteiger partial charge in [-0.3, -0.25) is 15.5 Å². The molecule has 0 saturated heterocycles. The van der Waals surface area contributed by atoms with Crippen LogP contribution < -0.4 is 5.43 Å². The lowest BCUT2D eigenvalue weighted by Crippen LogP contribution is -2.12. The van der Waals surface area contributed by atoms with Crippen molar-refractivity contribution in [2.45, 2.75) is 40.0 Å². The quantitative estimate of drug-likeness (QED) is 0.327. The fourth-order valence-corrected chi connectivity index (χ4v) is 3.13. The number of nitro groups is 1. The molecule has 0 amide bonds. The van der Waals surface area contributed by atoms with Crippen LogP contribution in [0.5, 0.6) is 5.75 Å². The number of nitrogens with zero attached hydrogens (tertiary/aromatic N) is 4. The van der Waals surface area contributed by atoms with E-state index < -0.39 is 4.92 Å². The smallest absolute Gasteiger partial charge is 0.269 e. The van der Waals surface area contributed by atoms with Crippen molar-refractivity contribution in [1.82, 2.24) is 4.98 Å². The van der Waals surface area contributed by atoms with Crippen LogP contribution in [-0.4, -0.2) is 15.0 Å². The summed E-state index contributed by atoms with van der Waals surface area (Å²) in [7, 11) is 0. The minimum absolute atomic E-state index is 0.000261. The molecule has 0 aliphatic carbocycles. The number of non-ortho nitro benzene ring substituents is 1. The van der Waals surface area contributed by atoms with Crippen LogP contribution in [0.2, 0.25) is 0 Å². The van der Waals surface area contributed by atoms with Crippen LogP contribution in [-0.2, 0) is 5.41 Å². The van der Waals surface area contributed by atoms with E-state index in [9.17, 15) is 15.2 Å². The van der Waals surface area contributed by atoms with Crippen LogP contribution in [0.4, 0.5) is 17.2 Å². The van der Waals surface area contributed by atoms with E-state index in [1.54, 1.807) is 18.2 Å². The number of phenols is 1. The molecule has 0 fully saturated rings. The zero-order valence-corrected chi connectivity index (χ0v) is 17.0. The van der Waals surface area contributed by atoms with Gasteiger partial charge in [-0.2, -0.15) is 0 Å². The summed E-state index contributed by atoms with van der Waals surface area (Å²) in [5, 5.41) is 30.1. The number of hydrogen-bond donors (Lipinski definition) is 2. The molecular weight excluding hydrogens is 370 g/mol. The Bertz CT molecular complexity index is 1120. The summed E-state index contributed by atoms with van der Waals surface area (Å²) in [5.74, 6) is 0.488. The van der Waals surface area contributed by atoms with Crippen LogP contribution in [0.15, 0.2) is 46.7 Å². The van der Waals surface area contributed by atoms with Gasteiger partial charge in [0.15, 0.2) is 5.82 Å². The van der Waals surface area contributed by atoms with E-state index in [4.69, 9.17) is 0 Å². The normalized spacial score (nSPS) is 11.9. The lowest BCUT2D eigenvalue weighted by molar-refractivity contribution is -0.384. The third kappa shape index (κ3) is 4.01. The van der Waals surface area contributed by atoms with Crippen molar-refractivity contribution in [2.24, 2.45) is 10.3 Å². The molecule has 3 aromatic rings. The predicted octanol–water partition coefficient (Wildman–Crippen LogP) is 5.87. The summed E-state index contributed by atoms with van der Waals surface area (Å²) in [6.45, 7) is 10.3. The molecule has 3 rings (SSSR count). The Balaban J connectivity index is 1.98. The van der Waals surface area contributed by atoms with Gasteiger partial charge in [-0.1, -0.05) is 32.1 Å². The molecule has 2 N–H and O–H groups in total. The fourth-order valence-electron chi connectivity index (χ4n) is 3.13. The van der Waals surface area contributed by atoms with Crippen molar-refractivity contribution in [3.63, 3.8) is 0 Å².